The lowest BCUT2D eigenvalue weighted by molar-refractivity contribution is 0.0156. The number of piperidine rings is 1. The lowest BCUT2D eigenvalue weighted by Gasteiger charge is -2.38. The molecule has 6 heterocycles. The first-order valence-corrected chi connectivity index (χ1v) is 14.2. The second-order valence-electron chi connectivity index (χ2n) is 11.6. The average Bonchev–Trinajstić information content (AvgIpc) is 3.69. The zero-order valence-corrected chi connectivity index (χ0v) is 26.1. The Kier molecular flexibility index (Phi) is 10.4. The summed E-state index contributed by atoms with van der Waals surface area (Å²) in [6.07, 6.45) is 11.3. The summed E-state index contributed by atoms with van der Waals surface area (Å²) >= 11 is 0. The van der Waals surface area contributed by atoms with E-state index in [-0.39, 0.29) is 43.3 Å². The average molecular weight is 645 g/mol. The SMILES string of the molecule is Cl.Cl.Cl.N#Cc1cnn2cc(OC3CC4CNCC4C3)cc(-c3ccc(N4CCC(O)(Cc5ccccn5)CC4)nc3)c12. The number of halogens is 3. The fraction of sp³-hybridized carbons (Fsp3) is 0.419. The van der Waals surface area contributed by atoms with Gasteiger partial charge in [-0.1, -0.05) is 6.07 Å². The van der Waals surface area contributed by atoms with Gasteiger partial charge in [0.25, 0.3) is 0 Å². The third-order valence-corrected chi connectivity index (χ3v) is 8.93. The van der Waals surface area contributed by atoms with E-state index in [4.69, 9.17) is 9.72 Å². The fourth-order valence-corrected chi connectivity index (χ4v) is 6.76. The van der Waals surface area contributed by atoms with E-state index < -0.39 is 5.60 Å². The molecule has 2 aliphatic heterocycles. The number of nitriles is 1. The molecule has 1 aliphatic carbocycles. The number of fused-ring (bicyclic) bond motifs is 2. The first-order chi connectivity index (χ1) is 19.6. The zero-order chi connectivity index (χ0) is 27.1. The third kappa shape index (κ3) is 6.69. The number of nitrogens with zero attached hydrogens (tertiary/aromatic N) is 6. The lowest BCUT2D eigenvalue weighted by Crippen LogP contribution is -2.46. The van der Waals surface area contributed by atoms with Gasteiger partial charge in [-0.2, -0.15) is 10.4 Å². The molecule has 4 aromatic rings. The van der Waals surface area contributed by atoms with Crippen LogP contribution in [0.15, 0.2) is 61.2 Å². The normalized spacial score (nSPS) is 22.0. The monoisotopic (exact) mass is 643 g/mol. The van der Waals surface area contributed by atoms with Gasteiger partial charge in [0.05, 0.1) is 35.2 Å². The number of nitrogens with one attached hydrogen (secondary N) is 1. The van der Waals surface area contributed by atoms with E-state index >= 15 is 0 Å². The van der Waals surface area contributed by atoms with Gasteiger partial charge in [0.1, 0.15) is 17.6 Å². The smallest absolute Gasteiger partial charge is 0.138 e. The van der Waals surface area contributed by atoms with E-state index in [2.05, 4.69) is 32.4 Å². The Bertz CT molecular complexity index is 1540. The van der Waals surface area contributed by atoms with E-state index in [1.807, 2.05) is 42.7 Å². The maximum atomic E-state index is 11.1. The summed E-state index contributed by atoms with van der Waals surface area (Å²) in [5, 5.41) is 28.8. The first kappa shape index (κ1) is 32.8. The van der Waals surface area contributed by atoms with Gasteiger partial charge in [-0.15, -0.1) is 37.2 Å². The number of anilines is 1. The molecule has 7 rings (SSSR count). The van der Waals surface area contributed by atoms with Crippen molar-refractivity contribution in [1.29, 1.82) is 5.26 Å². The number of ether oxygens (including phenoxy) is 1. The van der Waals surface area contributed by atoms with Crippen LogP contribution in [-0.2, 0) is 6.42 Å². The molecule has 2 N–H and O–H groups in total. The van der Waals surface area contributed by atoms with Crippen LogP contribution in [0, 0.1) is 23.2 Å². The Morgan fingerprint density at radius 3 is 2.44 bits per heavy atom. The molecule has 4 aromatic heterocycles. The largest absolute Gasteiger partial charge is 0.489 e. The second kappa shape index (κ2) is 13.7. The van der Waals surface area contributed by atoms with Gasteiger partial charge >= 0.3 is 0 Å². The van der Waals surface area contributed by atoms with E-state index in [0.29, 0.717) is 36.7 Å². The lowest BCUT2D eigenvalue weighted by atomic mass is 9.87. The van der Waals surface area contributed by atoms with Gasteiger partial charge < -0.3 is 20.1 Å². The zero-order valence-electron chi connectivity index (χ0n) is 23.6. The Morgan fingerprint density at radius 2 is 1.79 bits per heavy atom. The molecule has 0 radical (unpaired) electrons. The van der Waals surface area contributed by atoms with Gasteiger partial charge in [0.2, 0.25) is 0 Å². The molecule has 228 valence electrons. The Labute approximate surface area is 269 Å². The molecule has 3 fully saturated rings. The van der Waals surface area contributed by atoms with Crippen LogP contribution < -0.4 is 15.0 Å². The number of aliphatic hydroxyl groups is 1. The number of hydrogen-bond donors (Lipinski definition) is 2. The highest BCUT2D eigenvalue weighted by Crippen LogP contribution is 2.38. The molecule has 12 heteroatoms. The summed E-state index contributed by atoms with van der Waals surface area (Å²) in [7, 11) is 0. The molecular weight excluding hydrogens is 609 g/mol. The summed E-state index contributed by atoms with van der Waals surface area (Å²) < 4.78 is 8.23. The number of hydrogen-bond acceptors (Lipinski definition) is 8. The summed E-state index contributed by atoms with van der Waals surface area (Å²) in [5.74, 6) is 3.04. The van der Waals surface area contributed by atoms with Crippen molar-refractivity contribution in [1.82, 2.24) is 24.9 Å². The molecule has 9 nitrogen and oxygen atoms in total. The van der Waals surface area contributed by atoms with Gasteiger partial charge in [0, 0.05) is 48.7 Å². The Balaban J connectivity index is 0.00000141. The quantitative estimate of drug-likeness (QED) is 0.306. The van der Waals surface area contributed by atoms with Crippen LogP contribution in [0.2, 0.25) is 0 Å². The van der Waals surface area contributed by atoms with Gasteiger partial charge in [-0.25, -0.2) is 9.50 Å². The minimum absolute atomic E-state index is 0. The molecule has 0 amide bonds. The summed E-state index contributed by atoms with van der Waals surface area (Å²) in [6, 6.07) is 14.2. The van der Waals surface area contributed by atoms with Crippen LogP contribution in [0.4, 0.5) is 5.82 Å². The molecule has 0 bridgehead atoms. The van der Waals surface area contributed by atoms with Crippen molar-refractivity contribution in [2.45, 2.75) is 43.8 Å². The van der Waals surface area contributed by atoms with Crippen molar-refractivity contribution in [2.24, 2.45) is 11.8 Å². The highest BCUT2D eigenvalue weighted by molar-refractivity contribution is 5.86. The fourth-order valence-electron chi connectivity index (χ4n) is 6.76. The summed E-state index contributed by atoms with van der Waals surface area (Å²) in [6.45, 7) is 3.61. The van der Waals surface area contributed by atoms with E-state index in [1.165, 1.54) is 0 Å². The predicted octanol–water partition coefficient (Wildman–Crippen LogP) is 4.88. The minimum atomic E-state index is -0.749. The van der Waals surface area contributed by atoms with Gasteiger partial charge in [0.15, 0.2) is 0 Å². The standard InChI is InChI=1S/C31H33N7O2.3ClH/c32-15-24-19-36-38-20-27(40-26-11-22-16-33-17-23(22)12-26)13-28(30(24)38)21-4-5-29(35-18-21)37-9-6-31(39,7-10-37)14-25-3-1-2-8-34-25;;;/h1-5,8,13,18-20,22-23,26,33,39H,6-7,9-12,14,16-17H2;3*1H. The van der Waals surface area contributed by atoms with Crippen molar-refractivity contribution >= 4 is 48.6 Å². The van der Waals surface area contributed by atoms with Crippen molar-refractivity contribution in [3.63, 3.8) is 0 Å². The summed E-state index contributed by atoms with van der Waals surface area (Å²) in [4.78, 5) is 11.4. The van der Waals surface area contributed by atoms with Crippen molar-refractivity contribution in [2.75, 3.05) is 31.1 Å². The van der Waals surface area contributed by atoms with Crippen molar-refractivity contribution in [3.8, 4) is 22.9 Å². The van der Waals surface area contributed by atoms with Crippen molar-refractivity contribution in [3.05, 3.63) is 72.4 Å². The molecule has 2 saturated heterocycles. The second-order valence-corrected chi connectivity index (χ2v) is 11.6. The van der Waals surface area contributed by atoms with E-state index in [1.54, 1.807) is 16.9 Å². The van der Waals surface area contributed by atoms with Crippen LogP contribution in [0.3, 0.4) is 0 Å². The van der Waals surface area contributed by atoms with E-state index in [0.717, 1.165) is 72.9 Å². The number of rotatable bonds is 6. The highest BCUT2D eigenvalue weighted by Gasteiger charge is 2.38. The molecule has 2 atom stereocenters. The molecular formula is C31H36Cl3N7O2. The maximum Gasteiger partial charge on any atom is 0.138 e. The molecule has 1 saturated carbocycles. The van der Waals surface area contributed by atoms with Gasteiger partial charge in [-0.05, 0) is 80.9 Å². The number of pyridine rings is 3. The molecule has 43 heavy (non-hydrogen) atoms. The molecule has 3 aliphatic rings. The van der Waals surface area contributed by atoms with Crippen LogP contribution in [0.5, 0.6) is 5.75 Å². The first-order valence-electron chi connectivity index (χ1n) is 14.2. The van der Waals surface area contributed by atoms with Crippen LogP contribution in [-0.4, -0.2) is 62.6 Å². The predicted molar refractivity (Wildman–Crippen MR) is 173 cm³/mol. The third-order valence-electron chi connectivity index (χ3n) is 8.93. The minimum Gasteiger partial charge on any atom is -0.489 e. The van der Waals surface area contributed by atoms with Crippen LogP contribution >= 0.6 is 37.2 Å². The van der Waals surface area contributed by atoms with Crippen molar-refractivity contribution < 1.29 is 9.84 Å². The van der Waals surface area contributed by atoms with E-state index in [9.17, 15) is 10.4 Å². The van der Waals surface area contributed by atoms with Crippen LogP contribution in [0.1, 0.15) is 36.9 Å². The maximum absolute atomic E-state index is 11.1. The van der Waals surface area contributed by atoms with Crippen LogP contribution in [0.25, 0.3) is 16.6 Å². The molecule has 0 aromatic carbocycles. The molecule has 0 spiro atoms. The highest BCUT2D eigenvalue weighted by atomic mass is 35.5. The topological polar surface area (TPSA) is 112 Å². The van der Waals surface area contributed by atoms with Gasteiger partial charge in [-0.3, -0.25) is 4.98 Å². The molecule has 2 unspecified atom stereocenters. The number of aromatic nitrogens is 4. The summed E-state index contributed by atoms with van der Waals surface area (Å²) in [5.41, 5.74) is 3.25. The Hall–Kier alpha value is -3.13. The Morgan fingerprint density at radius 1 is 1.02 bits per heavy atom.